The van der Waals surface area contributed by atoms with Crippen molar-refractivity contribution in [3.05, 3.63) is 34.2 Å². The summed E-state index contributed by atoms with van der Waals surface area (Å²) in [5, 5.41) is 2.84. The van der Waals surface area contributed by atoms with Crippen LogP contribution >= 0.6 is 0 Å². The number of aromatic nitrogens is 1. The zero-order chi connectivity index (χ0) is 18.1. The average molecular weight is 345 g/mol. The minimum Gasteiger partial charge on any atom is -0.344 e. The van der Waals surface area contributed by atoms with Crippen LogP contribution in [0.1, 0.15) is 45.2 Å². The van der Waals surface area contributed by atoms with Crippen LogP contribution in [0.4, 0.5) is 0 Å². The van der Waals surface area contributed by atoms with E-state index in [0.717, 1.165) is 18.5 Å². The molecule has 25 heavy (non-hydrogen) atoms. The van der Waals surface area contributed by atoms with E-state index >= 15 is 0 Å². The molecule has 1 saturated heterocycles. The molecule has 136 valence electrons. The van der Waals surface area contributed by atoms with E-state index < -0.39 is 6.04 Å². The van der Waals surface area contributed by atoms with Gasteiger partial charge in [0.15, 0.2) is 0 Å². The quantitative estimate of drug-likeness (QED) is 0.895. The predicted octanol–water partition coefficient (Wildman–Crippen LogP) is 1.34. The minimum absolute atomic E-state index is 0.00554. The number of rotatable bonds is 4. The molecule has 0 saturated carbocycles. The molecule has 0 radical (unpaired) electrons. The Morgan fingerprint density at radius 3 is 2.72 bits per heavy atom. The number of amides is 2. The van der Waals surface area contributed by atoms with Crippen molar-refractivity contribution in [2.24, 2.45) is 11.8 Å². The van der Waals surface area contributed by atoms with Gasteiger partial charge in [-0.2, -0.15) is 0 Å². The van der Waals surface area contributed by atoms with Crippen molar-refractivity contribution in [3.8, 4) is 0 Å². The Bertz CT molecular complexity index is 727. The van der Waals surface area contributed by atoms with Crippen LogP contribution in [0.15, 0.2) is 23.0 Å². The Morgan fingerprint density at radius 2 is 2.04 bits per heavy atom. The first-order chi connectivity index (χ1) is 11.9. The standard InChI is InChI=1S/C19H27N3O3/c1-4-12(2)18(20-13(3)23)19(25)21-9-14-8-15(11-21)16-6-5-7-17(24)22(16)10-14/h5-7,12,14-15,18H,4,8-11H2,1-3H3,(H,20,23)/t12-,14+,15+,18-/m1/s1. The van der Waals surface area contributed by atoms with Gasteiger partial charge in [-0.3, -0.25) is 14.4 Å². The van der Waals surface area contributed by atoms with Crippen molar-refractivity contribution in [1.82, 2.24) is 14.8 Å². The summed E-state index contributed by atoms with van der Waals surface area (Å²) >= 11 is 0. The fourth-order valence-corrected chi connectivity index (χ4v) is 4.18. The van der Waals surface area contributed by atoms with Crippen LogP contribution in [-0.2, 0) is 16.1 Å². The van der Waals surface area contributed by atoms with E-state index in [4.69, 9.17) is 0 Å². The number of hydrogen-bond acceptors (Lipinski definition) is 3. The molecule has 0 unspecified atom stereocenters. The molecule has 1 aromatic rings. The number of pyridine rings is 1. The molecule has 2 aliphatic rings. The van der Waals surface area contributed by atoms with E-state index in [1.165, 1.54) is 6.92 Å². The average Bonchev–Trinajstić information content (AvgIpc) is 2.59. The molecule has 0 spiro atoms. The van der Waals surface area contributed by atoms with E-state index in [9.17, 15) is 14.4 Å². The molecule has 1 N–H and O–H groups in total. The number of nitrogens with zero attached hydrogens (tertiary/aromatic N) is 2. The zero-order valence-corrected chi connectivity index (χ0v) is 15.2. The number of fused-ring (bicyclic) bond motifs is 4. The lowest BCUT2D eigenvalue weighted by Crippen LogP contribution is -2.56. The maximum absolute atomic E-state index is 13.1. The van der Waals surface area contributed by atoms with E-state index in [1.54, 1.807) is 12.1 Å². The largest absolute Gasteiger partial charge is 0.344 e. The molecular weight excluding hydrogens is 318 g/mol. The Kier molecular flexibility index (Phi) is 4.97. The summed E-state index contributed by atoms with van der Waals surface area (Å²) in [5.74, 6) is 0.414. The fraction of sp³-hybridized carbons (Fsp3) is 0.632. The maximum Gasteiger partial charge on any atom is 0.250 e. The summed E-state index contributed by atoms with van der Waals surface area (Å²) < 4.78 is 1.86. The minimum atomic E-state index is -0.473. The SMILES string of the molecule is CC[C@@H](C)[C@@H](NC(C)=O)C(=O)N1C[C@@H]2C[C@@H](C1)c1cccc(=O)n1C2. The predicted molar refractivity (Wildman–Crippen MR) is 95.2 cm³/mol. The lowest BCUT2D eigenvalue weighted by Gasteiger charge is -2.44. The first-order valence-electron chi connectivity index (χ1n) is 9.16. The fourth-order valence-electron chi connectivity index (χ4n) is 4.18. The van der Waals surface area contributed by atoms with Gasteiger partial charge >= 0.3 is 0 Å². The molecule has 0 aromatic carbocycles. The highest BCUT2D eigenvalue weighted by Crippen LogP contribution is 2.35. The van der Waals surface area contributed by atoms with Crippen molar-refractivity contribution in [3.63, 3.8) is 0 Å². The molecule has 6 heteroatoms. The second-order valence-electron chi connectivity index (χ2n) is 7.51. The van der Waals surface area contributed by atoms with Crippen molar-refractivity contribution in [1.29, 1.82) is 0 Å². The molecule has 4 atom stereocenters. The monoisotopic (exact) mass is 345 g/mol. The molecule has 3 heterocycles. The highest BCUT2D eigenvalue weighted by atomic mass is 16.2. The van der Waals surface area contributed by atoms with Crippen LogP contribution in [0.5, 0.6) is 0 Å². The van der Waals surface area contributed by atoms with E-state index in [-0.39, 0.29) is 29.2 Å². The molecule has 6 nitrogen and oxygen atoms in total. The normalized spacial score (nSPS) is 24.2. The third-order valence-corrected chi connectivity index (χ3v) is 5.63. The zero-order valence-electron chi connectivity index (χ0n) is 15.2. The van der Waals surface area contributed by atoms with Gasteiger partial charge < -0.3 is 14.8 Å². The number of likely N-dealkylation sites (tertiary alicyclic amines) is 1. The summed E-state index contributed by atoms with van der Waals surface area (Å²) in [6.07, 6.45) is 1.84. The van der Waals surface area contributed by atoms with Gasteiger partial charge in [-0.1, -0.05) is 26.3 Å². The van der Waals surface area contributed by atoms with Gasteiger partial charge in [0.25, 0.3) is 5.56 Å². The van der Waals surface area contributed by atoms with Gasteiger partial charge in [0.05, 0.1) is 0 Å². The smallest absolute Gasteiger partial charge is 0.250 e. The topological polar surface area (TPSA) is 71.4 Å². The van der Waals surface area contributed by atoms with Gasteiger partial charge in [0, 0.05) is 44.2 Å². The number of carbonyl (C=O) groups excluding carboxylic acids is 2. The van der Waals surface area contributed by atoms with E-state index in [1.807, 2.05) is 29.4 Å². The van der Waals surface area contributed by atoms with Crippen molar-refractivity contribution < 1.29 is 9.59 Å². The van der Waals surface area contributed by atoms with Gasteiger partial charge in [-0.15, -0.1) is 0 Å². The highest BCUT2D eigenvalue weighted by Gasteiger charge is 2.39. The van der Waals surface area contributed by atoms with Gasteiger partial charge in [0.1, 0.15) is 6.04 Å². The van der Waals surface area contributed by atoms with Crippen LogP contribution in [0.3, 0.4) is 0 Å². The van der Waals surface area contributed by atoms with Gasteiger partial charge in [-0.05, 0) is 24.3 Å². The molecule has 1 aromatic heterocycles. The summed E-state index contributed by atoms with van der Waals surface area (Å²) in [6.45, 7) is 7.42. The van der Waals surface area contributed by atoms with Crippen molar-refractivity contribution >= 4 is 11.8 Å². The Labute approximate surface area is 148 Å². The summed E-state index contributed by atoms with van der Waals surface area (Å²) in [6, 6.07) is 4.92. The third kappa shape index (κ3) is 3.48. The molecule has 3 rings (SSSR count). The number of piperidine rings is 1. The highest BCUT2D eigenvalue weighted by molar-refractivity contribution is 5.87. The molecule has 2 bridgehead atoms. The summed E-state index contributed by atoms with van der Waals surface area (Å²) in [4.78, 5) is 38.6. The number of nitrogens with one attached hydrogen (secondary N) is 1. The lowest BCUT2D eigenvalue weighted by atomic mass is 9.82. The van der Waals surface area contributed by atoms with Crippen molar-refractivity contribution in [2.75, 3.05) is 13.1 Å². The Hall–Kier alpha value is -2.11. The molecule has 0 aliphatic carbocycles. The van der Waals surface area contributed by atoms with Gasteiger partial charge in [-0.25, -0.2) is 0 Å². The first kappa shape index (κ1) is 17.7. The van der Waals surface area contributed by atoms with Crippen molar-refractivity contribution in [2.45, 2.75) is 52.1 Å². The molecular formula is C19H27N3O3. The maximum atomic E-state index is 13.1. The summed E-state index contributed by atoms with van der Waals surface area (Å²) in [5.41, 5.74) is 1.07. The van der Waals surface area contributed by atoms with Crippen LogP contribution in [0, 0.1) is 11.8 Å². The Balaban J connectivity index is 1.82. The van der Waals surface area contributed by atoms with Gasteiger partial charge in [0.2, 0.25) is 11.8 Å². The number of carbonyl (C=O) groups is 2. The van der Waals surface area contributed by atoms with E-state index in [0.29, 0.717) is 25.6 Å². The summed E-state index contributed by atoms with van der Waals surface area (Å²) in [7, 11) is 0. The second-order valence-corrected chi connectivity index (χ2v) is 7.51. The lowest BCUT2D eigenvalue weighted by molar-refractivity contribution is -0.140. The molecule has 2 aliphatic heterocycles. The Morgan fingerprint density at radius 1 is 1.28 bits per heavy atom. The third-order valence-electron chi connectivity index (χ3n) is 5.63. The van der Waals surface area contributed by atoms with Crippen LogP contribution in [0.2, 0.25) is 0 Å². The number of hydrogen-bond donors (Lipinski definition) is 1. The van der Waals surface area contributed by atoms with Crippen LogP contribution in [-0.4, -0.2) is 40.4 Å². The van der Waals surface area contributed by atoms with E-state index in [2.05, 4.69) is 5.32 Å². The first-order valence-corrected chi connectivity index (χ1v) is 9.16. The second kappa shape index (κ2) is 7.02. The molecule has 2 amide bonds. The molecule has 1 fully saturated rings. The van der Waals surface area contributed by atoms with Crippen LogP contribution < -0.4 is 10.9 Å². The van der Waals surface area contributed by atoms with Crippen LogP contribution in [0.25, 0.3) is 0 Å².